The van der Waals surface area contributed by atoms with E-state index in [2.05, 4.69) is 49.5 Å². The number of hydrogen-bond donors (Lipinski definition) is 1. The SMILES string of the molecule is CNC(c1ccc(C(C)C)cc1)C1(C#N)CCC1. The minimum absolute atomic E-state index is 0.164. The summed E-state index contributed by atoms with van der Waals surface area (Å²) in [5.41, 5.74) is 2.41. The minimum atomic E-state index is -0.186. The second kappa shape index (κ2) is 5.12. The number of benzene rings is 1. The third-order valence-corrected chi connectivity index (χ3v) is 4.25. The average Bonchev–Trinajstić information content (AvgIpc) is 2.34. The van der Waals surface area contributed by atoms with Crippen LogP contribution in [0.5, 0.6) is 0 Å². The molecule has 1 aromatic rings. The van der Waals surface area contributed by atoms with Crippen molar-refractivity contribution < 1.29 is 0 Å². The number of hydrogen-bond acceptors (Lipinski definition) is 2. The summed E-state index contributed by atoms with van der Waals surface area (Å²) in [6.45, 7) is 4.40. The van der Waals surface area contributed by atoms with Crippen molar-refractivity contribution in [2.45, 2.75) is 45.1 Å². The molecule has 18 heavy (non-hydrogen) atoms. The van der Waals surface area contributed by atoms with Crippen LogP contribution in [0.25, 0.3) is 0 Å². The summed E-state index contributed by atoms with van der Waals surface area (Å²) in [5.74, 6) is 0.556. The van der Waals surface area contributed by atoms with Crippen molar-refractivity contribution in [1.82, 2.24) is 5.32 Å². The van der Waals surface area contributed by atoms with E-state index in [4.69, 9.17) is 0 Å². The largest absolute Gasteiger partial charge is 0.312 e. The Bertz CT molecular complexity index is 435. The molecule has 1 aliphatic carbocycles. The number of nitrogens with one attached hydrogen (secondary N) is 1. The molecule has 1 saturated carbocycles. The van der Waals surface area contributed by atoms with Crippen LogP contribution in [0.15, 0.2) is 24.3 Å². The lowest BCUT2D eigenvalue weighted by atomic mass is 9.63. The maximum atomic E-state index is 9.45. The van der Waals surface area contributed by atoms with E-state index in [0.717, 1.165) is 12.8 Å². The van der Waals surface area contributed by atoms with Crippen molar-refractivity contribution in [1.29, 1.82) is 5.26 Å². The highest BCUT2D eigenvalue weighted by Crippen LogP contribution is 2.49. The van der Waals surface area contributed by atoms with Crippen molar-refractivity contribution in [2.24, 2.45) is 5.41 Å². The predicted octanol–water partition coefficient (Wildman–Crippen LogP) is 3.76. The summed E-state index contributed by atoms with van der Waals surface area (Å²) in [7, 11) is 1.96. The van der Waals surface area contributed by atoms with E-state index in [0.29, 0.717) is 5.92 Å². The first kappa shape index (κ1) is 13.1. The Hall–Kier alpha value is -1.33. The molecule has 2 heteroatoms. The van der Waals surface area contributed by atoms with Gasteiger partial charge < -0.3 is 5.32 Å². The van der Waals surface area contributed by atoms with Crippen LogP contribution in [0, 0.1) is 16.7 Å². The second-order valence-corrected chi connectivity index (χ2v) is 5.66. The zero-order valence-corrected chi connectivity index (χ0v) is 11.5. The first-order chi connectivity index (χ1) is 8.63. The molecule has 1 unspecified atom stereocenters. The predicted molar refractivity (Wildman–Crippen MR) is 74.2 cm³/mol. The molecule has 0 saturated heterocycles. The van der Waals surface area contributed by atoms with Gasteiger partial charge in [0.15, 0.2) is 0 Å². The lowest BCUT2D eigenvalue weighted by Gasteiger charge is -2.42. The molecule has 96 valence electrons. The molecule has 0 heterocycles. The number of nitrogens with zero attached hydrogens (tertiary/aromatic N) is 1. The van der Waals surface area contributed by atoms with Crippen LogP contribution < -0.4 is 5.32 Å². The van der Waals surface area contributed by atoms with Crippen LogP contribution >= 0.6 is 0 Å². The molecular formula is C16H22N2. The average molecular weight is 242 g/mol. The molecule has 1 aromatic carbocycles. The number of rotatable bonds is 4. The van der Waals surface area contributed by atoms with Gasteiger partial charge in [0.2, 0.25) is 0 Å². The fraction of sp³-hybridized carbons (Fsp3) is 0.562. The first-order valence-corrected chi connectivity index (χ1v) is 6.81. The second-order valence-electron chi connectivity index (χ2n) is 5.66. The maximum absolute atomic E-state index is 9.45. The molecule has 0 bridgehead atoms. The van der Waals surface area contributed by atoms with Gasteiger partial charge >= 0.3 is 0 Å². The van der Waals surface area contributed by atoms with Crippen molar-refractivity contribution in [2.75, 3.05) is 7.05 Å². The summed E-state index contributed by atoms with van der Waals surface area (Å²) < 4.78 is 0. The Balaban J connectivity index is 2.26. The van der Waals surface area contributed by atoms with E-state index in [9.17, 15) is 5.26 Å². The van der Waals surface area contributed by atoms with Gasteiger partial charge in [-0.3, -0.25) is 0 Å². The van der Waals surface area contributed by atoms with Gasteiger partial charge in [0.1, 0.15) is 0 Å². The van der Waals surface area contributed by atoms with Crippen molar-refractivity contribution in [3.05, 3.63) is 35.4 Å². The summed E-state index contributed by atoms with van der Waals surface area (Å²) in [6, 6.07) is 11.4. The highest BCUT2D eigenvalue weighted by molar-refractivity contribution is 5.30. The topological polar surface area (TPSA) is 35.8 Å². The molecule has 0 aliphatic heterocycles. The molecule has 0 radical (unpaired) electrons. The van der Waals surface area contributed by atoms with E-state index in [-0.39, 0.29) is 11.5 Å². The molecular weight excluding hydrogens is 220 g/mol. The van der Waals surface area contributed by atoms with Crippen molar-refractivity contribution in [3.63, 3.8) is 0 Å². The Kier molecular flexibility index (Phi) is 3.73. The van der Waals surface area contributed by atoms with E-state index in [1.54, 1.807) is 0 Å². The molecule has 1 N–H and O–H groups in total. The van der Waals surface area contributed by atoms with E-state index in [1.807, 2.05) is 7.05 Å². The fourth-order valence-corrected chi connectivity index (χ4v) is 2.86. The van der Waals surface area contributed by atoms with E-state index >= 15 is 0 Å². The molecule has 2 nitrogen and oxygen atoms in total. The van der Waals surface area contributed by atoms with Crippen LogP contribution in [0.4, 0.5) is 0 Å². The summed E-state index contributed by atoms with van der Waals surface area (Å²) >= 11 is 0. The van der Waals surface area contributed by atoms with Crippen molar-refractivity contribution in [3.8, 4) is 6.07 Å². The van der Waals surface area contributed by atoms with Gasteiger partial charge in [0.25, 0.3) is 0 Å². The Labute approximate surface area is 110 Å². The van der Waals surface area contributed by atoms with Gasteiger partial charge in [-0.1, -0.05) is 44.5 Å². The van der Waals surface area contributed by atoms with Crippen LogP contribution in [-0.4, -0.2) is 7.05 Å². The summed E-state index contributed by atoms with van der Waals surface area (Å²) in [6.07, 6.45) is 3.21. The third-order valence-electron chi connectivity index (χ3n) is 4.25. The zero-order valence-electron chi connectivity index (χ0n) is 11.5. The van der Waals surface area contributed by atoms with Crippen LogP contribution in [0.3, 0.4) is 0 Å². The van der Waals surface area contributed by atoms with Crippen molar-refractivity contribution >= 4 is 0 Å². The number of nitriles is 1. The van der Waals surface area contributed by atoms with Gasteiger partial charge in [0, 0.05) is 0 Å². The van der Waals surface area contributed by atoms with Gasteiger partial charge in [-0.05, 0) is 36.9 Å². The van der Waals surface area contributed by atoms with Gasteiger partial charge in [-0.2, -0.15) is 5.26 Å². The van der Waals surface area contributed by atoms with Gasteiger partial charge in [0.05, 0.1) is 17.5 Å². The van der Waals surface area contributed by atoms with Crippen LogP contribution in [-0.2, 0) is 0 Å². The maximum Gasteiger partial charge on any atom is 0.0768 e. The van der Waals surface area contributed by atoms with Gasteiger partial charge in [-0.15, -0.1) is 0 Å². The monoisotopic (exact) mass is 242 g/mol. The summed E-state index contributed by atoms with van der Waals surface area (Å²) in [5, 5.41) is 12.8. The molecule has 2 rings (SSSR count). The lowest BCUT2D eigenvalue weighted by molar-refractivity contribution is 0.149. The third kappa shape index (κ3) is 2.15. The van der Waals surface area contributed by atoms with Gasteiger partial charge in [-0.25, -0.2) is 0 Å². The molecule has 1 aliphatic rings. The van der Waals surface area contributed by atoms with E-state index < -0.39 is 0 Å². The Morgan fingerprint density at radius 3 is 2.06 bits per heavy atom. The van der Waals surface area contributed by atoms with Crippen LogP contribution in [0.2, 0.25) is 0 Å². The van der Waals surface area contributed by atoms with E-state index in [1.165, 1.54) is 17.5 Å². The Morgan fingerprint density at radius 1 is 1.17 bits per heavy atom. The van der Waals surface area contributed by atoms with Crippen LogP contribution in [0.1, 0.15) is 56.2 Å². The zero-order chi connectivity index (χ0) is 13.2. The minimum Gasteiger partial charge on any atom is -0.312 e. The summed E-state index contributed by atoms with van der Waals surface area (Å²) in [4.78, 5) is 0. The lowest BCUT2D eigenvalue weighted by Crippen LogP contribution is -2.40. The smallest absolute Gasteiger partial charge is 0.0768 e. The molecule has 1 atom stereocenters. The highest BCUT2D eigenvalue weighted by Gasteiger charge is 2.44. The molecule has 0 aromatic heterocycles. The normalized spacial score (nSPS) is 19.1. The molecule has 1 fully saturated rings. The molecule has 0 amide bonds. The quantitative estimate of drug-likeness (QED) is 0.872. The molecule has 0 spiro atoms. The fourth-order valence-electron chi connectivity index (χ4n) is 2.86. The Morgan fingerprint density at radius 2 is 1.72 bits per heavy atom. The highest BCUT2D eigenvalue weighted by atomic mass is 14.9. The standard InChI is InChI=1S/C16H22N2/c1-12(2)13-5-7-14(8-6-13)15(18-3)16(11-17)9-4-10-16/h5-8,12,15,18H,4,9-10H2,1-3H3. The first-order valence-electron chi connectivity index (χ1n) is 6.81.